The van der Waals surface area contributed by atoms with Crippen molar-refractivity contribution in [3.8, 4) is 40.3 Å². The molecule has 6 heteroatoms. The monoisotopic (exact) mass is 437 g/mol. The third kappa shape index (κ3) is 4.58. The van der Waals surface area contributed by atoms with Gasteiger partial charge in [0.15, 0.2) is 11.5 Å². The standard InChI is InChI=1S/C27H23N3O3/c1-31-24-11-7-8-19(15-24)21(17-28)14-22-18-30(23-9-5-4-6-10-23)29-27(22)20-12-13-25(32-2)26(16-20)33-3/h4-16,18H,1-3H3. The molecule has 0 N–H and O–H groups in total. The molecule has 0 amide bonds. The third-order valence-electron chi connectivity index (χ3n) is 5.22. The maximum absolute atomic E-state index is 9.92. The molecule has 0 atom stereocenters. The van der Waals surface area contributed by atoms with E-state index in [0.717, 1.165) is 28.1 Å². The molecule has 4 rings (SSSR count). The predicted octanol–water partition coefficient (Wildman–Crippen LogP) is 5.63. The normalized spacial score (nSPS) is 11.0. The maximum atomic E-state index is 9.92. The lowest BCUT2D eigenvalue weighted by molar-refractivity contribution is 0.355. The molecule has 0 bridgehead atoms. The van der Waals surface area contributed by atoms with Gasteiger partial charge in [-0.1, -0.05) is 30.3 Å². The van der Waals surface area contributed by atoms with E-state index < -0.39 is 0 Å². The fourth-order valence-corrected chi connectivity index (χ4v) is 3.54. The number of ether oxygens (including phenoxy) is 3. The molecule has 1 aromatic heterocycles. The summed E-state index contributed by atoms with van der Waals surface area (Å²) >= 11 is 0. The van der Waals surface area contributed by atoms with E-state index in [-0.39, 0.29) is 0 Å². The summed E-state index contributed by atoms with van der Waals surface area (Å²) in [7, 11) is 4.80. The number of aromatic nitrogens is 2. The van der Waals surface area contributed by atoms with E-state index >= 15 is 0 Å². The highest BCUT2D eigenvalue weighted by molar-refractivity contribution is 5.92. The first-order valence-electron chi connectivity index (χ1n) is 10.3. The largest absolute Gasteiger partial charge is 0.497 e. The number of rotatable bonds is 7. The summed E-state index contributed by atoms with van der Waals surface area (Å²) in [4.78, 5) is 0. The second kappa shape index (κ2) is 9.75. The van der Waals surface area contributed by atoms with Crippen molar-refractivity contribution in [3.63, 3.8) is 0 Å². The average molecular weight is 437 g/mol. The molecule has 0 saturated carbocycles. The van der Waals surface area contributed by atoms with Crippen LogP contribution in [0.3, 0.4) is 0 Å². The van der Waals surface area contributed by atoms with Crippen LogP contribution in [0.15, 0.2) is 79.0 Å². The van der Waals surface area contributed by atoms with E-state index in [0.29, 0.717) is 22.8 Å². The zero-order chi connectivity index (χ0) is 23.2. The van der Waals surface area contributed by atoms with Gasteiger partial charge in [0.1, 0.15) is 11.4 Å². The Labute approximate surface area is 192 Å². The Kier molecular flexibility index (Phi) is 6.42. The van der Waals surface area contributed by atoms with Crippen molar-refractivity contribution in [2.45, 2.75) is 0 Å². The molecule has 33 heavy (non-hydrogen) atoms. The smallest absolute Gasteiger partial charge is 0.161 e. The lowest BCUT2D eigenvalue weighted by Crippen LogP contribution is -1.95. The first-order chi connectivity index (χ1) is 16.2. The number of para-hydroxylation sites is 1. The van der Waals surface area contributed by atoms with E-state index in [1.54, 1.807) is 26.0 Å². The van der Waals surface area contributed by atoms with Gasteiger partial charge in [0.05, 0.1) is 38.7 Å². The van der Waals surface area contributed by atoms with Crippen molar-refractivity contribution in [3.05, 3.63) is 90.1 Å². The van der Waals surface area contributed by atoms with Crippen molar-refractivity contribution in [2.75, 3.05) is 21.3 Å². The molecule has 0 aliphatic heterocycles. The third-order valence-corrected chi connectivity index (χ3v) is 5.22. The van der Waals surface area contributed by atoms with E-state index in [4.69, 9.17) is 19.3 Å². The molecule has 3 aromatic carbocycles. The topological polar surface area (TPSA) is 69.3 Å². The van der Waals surface area contributed by atoms with Crippen molar-refractivity contribution in [1.29, 1.82) is 5.26 Å². The van der Waals surface area contributed by atoms with Gasteiger partial charge >= 0.3 is 0 Å². The minimum atomic E-state index is 0.503. The second-order valence-electron chi connectivity index (χ2n) is 7.18. The molecule has 0 fully saturated rings. The molecular formula is C27H23N3O3. The van der Waals surface area contributed by atoms with Gasteiger partial charge in [-0.2, -0.15) is 10.4 Å². The van der Waals surface area contributed by atoms with Gasteiger partial charge in [0.25, 0.3) is 0 Å². The van der Waals surface area contributed by atoms with Crippen LogP contribution in [0.5, 0.6) is 17.2 Å². The molecule has 0 saturated heterocycles. The van der Waals surface area contributed by atoms with E-state index in [2.05, 4.69) is 6.07 Å². The number of benzene rings is 3. The van der Waals surface area contributed by atoms with E-state index in [9.17, 15) is 5.26 Å². The van der Waals surface area contributed by atoms with E-state index in [1.165, 1.54) is 0 Å². The summed E-state index contributed by atoms with van der Waals surface area (Å²) in [5, 5.41) is 14.8. The fraction of sp³-hybridized carbons (Fsp3) is 0.111. The van der Waals surface area contributed by atoms with Crippen molar-refractivity contribution in [1.82, 2.24) is 9.78 Å². The molecule has 0 aliphatic carbocycles. The molecule has 0 aliphatic rings. The van der Waals surface area contributed by atoms with Gasteiger partial charge in [0.2, 0.25) is 0 Å². The lowest BCUT2D eigenvalue weighted by atomic mass is 10.0. The summed E-state index contributed by atoms with van der Waals surface area (Å²) in [6.07, 6.45) is 3.76. The van der Waals surface area contributed by atoms with Crippen molar-refractivity contribution in [2.24, 2.45) is 0 Å². The van der Waals surface area contributed by atoms with Crippen molar-refractivity contribution < 1.29 is 14.2 Å². The predicted molar refractivity (Wildman–Crippen MR) is 129 cm³/mol. The highest BCUT2D eigenvalue weighted by Gasteiger charge is 2.15. The Morgan fingerprint density at radius 3 is 2.36 bits per heavy atom. The fourth-order valence-electron chi connectivity index (χ4n) is 3.54. The van der Waals surface area contributed by atoms with Gasteiger partial charge in [-0.25, -0.2) is 4.68 Å². The van der Waals surface area contributed by atoms with Gasteiger partial charge in [-0.05, 0) is 54.1 Å². The van der Waals surface area contributed by atoms with Crippen LogP contribution in [-0.2, 0) is 0 Å². The molecular weight excluding hydrogens is 414 g/mol. The molecule has 4 aromatic rings. The summed E-state index contributed by atoms with van der Waals surface area (Å²) in [6.45, 7) is 0. The summed E-state index contributed by atoms with van der Waals surface area (Å²) in [6, 6.07) is 25.2. The number of allylic oxidation sites excluding steroid dienone is 1. The highest BCUT2D eigenvalue weighted by Crippen LogP contribution is 2.34. The van der Waals surface area contributed by atoms with Crippen LogP contribution < -0.4 is 14.2 Å². The minimum Gasteiger partial charge on any atom is -0.497 e. The SMILES string of the molecule is COc1cccc(C(C#N)=Cc2cn(-c3ccccc3)nc2-c2ccc(OC)c(OC)c2)c1. The van der Waals surface area contributed by atoms with E-state index in [1.807, 2.05) is 85.1 Å². The number of nitriles is 1. The Hall–Kier alpha value is -4.50. The quantitative estimate of drug-likeness (QED) is 0.351. The highest BCUT2D eigenvalue weighted by atomic mass is 16.5. The second-order valence-corrected chi connectivity index (χ2v) is 7.18. The first-order valence-corrected chi connectivity index (χ1v) is 10.3. The van der Waals surface area contributed by atoms with Gasteiger partial charge in [-0.3, -0.25) is 0 Å². The van der Waals surface area contributed by atoms with Crippen LogP contribution in [-0.4, -0.2) is 31.1 Å². The Morgan fingerprint density at radius 2 is 1.67 bits per heavy atom. The minimum absolute atomic E-state index is 0.503. The lowest BCUT2D eigenvalue weighted by Gasteiger charge is -2.09. The molecule has 0 spiro atoms. The van der Waals surface area contributed by atoms with Crippen LogP contribution in [0, 0.1) is 11.3 Å². The summed E-state index contributed by atoms with van der Waals surface area (Å²) < 4.78 is 18.0. The average Bonchev–Trinajstić information content (AvgIpc) is 3.31. The Balaban J connectivity index is 1.88. The molecule has 1 heterocycles. The summed E-state index contributed by atoms with van der Waals surface area (Å²) in [5.41, 5.74) is 4.54. The van der Waals surface area contributed by atoms with Crippen LogP contribution in [0.25, 0.3) is 28.6 Å². The molecule has 6 nitrogen and oxygen atoms in total. The zero-order valence-corrected chi connectivity index (χ0v) is 18.6. The number of nitrogens with zero attached hydrogens (tertiary/aromatic N) is 3. The summed E-state index contributed by atoms with van der Waals surface area (Å²) in [5.74, 6) is 1.93. The molecule has 0 unspecified atom stereocenters. The maximum Gasteiger partial charge on any atom is 0.161 e. The number of hydrogen-bond donors (Lipinski definition) is 0. The van der Waals surface area contributed by atoms with Crippen LogP contribution in [0.1, 0.15) is 11.1 Å². The van der Waals surface area contributed by atoms with Gasteiger partial charge in [-0.15, -0.1) is 0 Å². The van der Waals surface area contributed by atoms with Gasteiger partial charge in [0, 0.05) is 17.3 Å². The molecule has 164 valence electrons. The van der Waals surface area contributed by atoms with Crippen LogP contribution in [0.4, 0.5) is 0 Å². The number of hydrogen-bond acceptors (Lipinski definition) is 5. The first kappa shape index (κ1) is 21.7. The Bertz CT molecular complexity index is 1330. The molecule has 0 radical (unpaired) electrons. The number of methoxy groups -OCH3 is 3. The zero-order valence-electron chi connectivity index (χ0n) is 18.6. The van der Waals surface area contributed by atoms with Crippen LogP contribution in [0.2, 0.25) is 0 Å². The van der Waals surface area contributed by atoms with Crippen molar-refractivity contribution >= 4 is 11.6 Å². The van der Waals surface area contributed by atoms with Gasteiger partial charge < -0.3 is 14.2 Å². The Morgan fingerprint density at radius 1 is 0.879 bits per heavy atom. The van der Waals surface area contributed by atoms with Crippen LogP contribution >= 0.6 is 0 Å².